The van der Waals surface area contributed by atoms with Crippen LogP contribution in [0.1, 0.15) is 27.8 Å². The summed E-state index contributed by atoms with van der Waals surface area (Å²) in [6.45, 7) is 0. The summed E-state index contributed by atoms with van der Waals surface area (Å²) in [5.74, 6) is 1.53. The molecule has 1 aliphatic heterocycles. The standard InChI is InChI=1S/C59H33N7O/c60-32-35-19-23-52-43(28-35)44-29-36(65-49-15-5-3-12-41(49)42-25-27-61-34-54(42)65)21-24-53(44)64(52)37-20-22-46-56(31-37)67-55-18-8-4-13-45(55)59(46)47-14-9-26-62-57(47)58-48(59)30-38(33-63-58)66-50-16-6-1-10-39(50)40-11-2-7-17-51(40)66/h1-31,33-34H. The Balaban J connectivity index is 0.971. The lowest BCUT2D eigenvalue weighted by atomic mass is 9.66. The second kappa shape index (κ2) is 13.1. The lowest BCUT2D eigenvalue weighted by Gasteiger charge is -2.39. The third-order valence-electron chi connectivity index (χ3n) is 14.3. The molecule has 8 nitrogen and oxygen atoms in total. The van der Waals surface area contributed by atoms with E-state index in [9.17, 15) is 5.26 Å². The van der Waals surface area contributed by atoms with Crippen LogP contribution in [0.3, 0.4) is 0 Å². The van der Waals surface area contributed by atoms with Gasteiger partial charge in [0.25, 0.3) is 0 Å². The number of hydrogen-bond acceptors (Lipinski definition) is 5. The van der Waals surface area contributed by atoms with Crippen molar-refractivity contribution < 1.29 is 4.74 Å². The van der Waals surface area contributed by atoms with Gasteiger partial charge in [0, 0.05) is 78.8 Å². The largest absolute Gasteiger partial charge is 0.457 e. The first-order chi connectivity index (χ1) is 33.2. The number of rotatable bonds is 3. The van der Waals surface area contributed by atoms with Crippen molar-refractivity contribution in [3.05, 3.63) is 229 Å². The van der Waals surface area contributed by atoms with E-state index in [1.807, 2.05) is 49.1 Å². The monoisotopic (exact) mass is 855 g/mol. The maximum atomic E-state index is 10.2. The number of para-hydroxylation sites is 4. The lowest BCUT2D eigenvalue weighted by Crippen LogP contribution is -2.32. The topological polar surface area (TPSA) is 86.5 Å². The average molecular weight is 856 g/mol. The molecule has 1 unspecified atom stereocenters. The van der Waals surface area contributed by atoms with Crippen LogP contribution in [0.25, 0.3) is 93.9 Å². The molecule has 15 rings (SSSR count). The quantitative estimate of drug-likeness (QED) is 0.177. The van der Waals surface area contributed by atoms with Gasteiger partial charge >= 0.3 is 0 Å². The number of benzene rings is 7. The van der Waals surface area contributed by atoms with Gasteiger partial charge < -0.3 is 18.4 Å². The summed E-state index contributed by atoms with van der Waals surface area (Å²) in [5.41, 5.74) is 15.0. The number of pyridine rings is 3. The Morgan fingerprint density at radius 1 is 0.403 bits per heavy atom. The van der Waals surface area contributed by atoms with Crippen molar-refractivity contribution >= 4 is 65.4 Å². The molecule has 310 valence electrons. The van der Waals surface area contributed by atoms with E-state index in [1.54, 1.807) is 0 Å². The van der Waals surface area contributed by atoms with E-state index in [2.05, 4.69) is 176 Å². The molecular weight excluding hydrogens is 823 g/mol. The molecule has 0 fully saturated rings. The van der Waals surface area contributed by atoms with Crippen molar-refractivity contribution in [1.29, 1.82) is 5.26 Å². The van der Waals surface area contributed by atoms with Gasteiger partial charge in [0.15, 0.2) is 0 Å². The van der Waals surface area contributed by atoms with Crippen molar-refractivity contribution in [3.8, 4) is 46.0 Å². The molecule has 2 aliphatic rings. The Morgan fingerprint density at radius 3 is 1.76 bits per heavy atom. The highest BCUT2D eigenvalue weighted by molar-refractivity contribution is 6.13. The second-order valence-corrected chi connectivity index (χ2v) is 17.5. The first kappa shape index (κ1) is 36.1. The van der Waals surface area contributed by atoms with Crippen LogP contribution in [0.5, 0.6) is 11.5 Å². The predicted octanol–water partition coefficient (Wildman–Crippen LogP) is 13.5. The van der Waals surface area contributed by atoms with E-state index in [0.717, 1.165) is 111 Å². The number of nitriles is 1. The van der Waals surface area contributed by atoms with E-state index in [1.165, 1.54) is 16.2 Å². The fourth-order valence-electron chi connectivity index (χ4n) is 11.6. The molecule has 1 spiro atoms. The summed E-state index contributed by atoms with van der Waals surface area (Å²) in [4.78, 5) is 14.9. The highest BCUT2D eigenvalue weighted by atomic mass is 16.5. The van der Waals surface area contributed by atoms with Gasteiger partial charge in [-0.3, -0.25) is 15.0 Å². The van der Waals surface area contributed by atoms with Crippen LogP contribution in [0.4, 0.5) is 0 Å². The van der Waals surface area contributed by atoms with Gasteiger partial charge in [-0.25, -0.2) is 0 Å². The Bertz CT molecular complexity index is 4250. The molecule has 8 heteroatoms. The van der Waals surface area contributed by atoms with E-state index in [4.69, 9.17) is 14.7 Å². The van der Waals surface area contributed by atoms with Gasteiger partial charge in [0.2, 0.25) is 0 Å². The molecule has 13 aromatic rings. The maximum Gasteiger partial charge on any atom is 0.134 e. The van der Waals surface area contributed by atoms with Gasteiger partial charge in [-0.1, -0.05) is 84.9 Å². The summed E-state index contributed by atoms with van der Waals surface area (Å²) >= 11 is 0. The third-order valence-corrected chi connectivity index (χ3v) is 14.3. The van der Waals surface area contributed by atoms with Crippen LogP contribution in [0, 0.1) is 11.3 Å². The van der Waals surface area contributed by atoms with E-state index in [0.29, 0.717) is 5.56 Å². The van der Waals surface area contributed by atoms with Gasteiger partial charge in [-0.15, -0.1) is 0 Å². The molecule has 1 aliphatic carbocycles. The minimum atomic E-state index is -0.794. The number of fused-ring (bicyclic) bond motifs is 18. The molecule has 0 N–H and O–H groups in total. The maximum absolute atomic E-state index is 10.2. The molecule has 0 radical (unpaired) electrons. The van der Waals surface area contributed by atoms with Crippen molar-refractivity contribution in [3.63, 3.8) is 0 Å². The normalized spacial score (nSPS) is 14.7. The minimum Gasteiger partial charge on any atom is -0.457 e. The Morgan fingerprint density at radius 2 is 0.985 bits per heavy atom. The van der Waals surface area contributed by atoms with Crippen LogP contribution < -0.4 is 4.74 Å². The SMILES string of the molecule is N#Cc1ccc2c(c1)c1cc(-n3c4ccccc4c4ccncc43)ccc1n2-c1ccc2c(c1)Oc1ccccc1C21c2cccnc2-c2ncc(-n3c4ccccc4c4ccccc43)cc21. The first-order valence-electron chi connectivity index (χ1n) is 22.4. The van der Waals surface area contributed by atoms with Crippen molar-refractivity contribution in [2.45, 2.75) is 5.41 Å². The second-order valence-electron chi connectivity index (χ2n) is 17.5. The number of hydrogen-bond donors (Lipinski definition) is 0. The highest BCUT2D eigenvalue weighted by Gasteiger charge is 2.52. The van der Waals surface area contributed by atoms with Gasteiger partial charge in [0.05, 0.1) is 79.6 Å². The van der Waals surface area contributed by atoms with E-state index >= 15 is 0 Å². The average Bonchev–Trinajstić information content (AvgIpc) is 4.10. The van der Waals surface area contributed by atoms with Crippen LogP contribution in [0.2, 0.25) is 0 Å². The fraction of sp³-hybridized carbons (Fsp3) is 0.0169. The molecule has 7 heterocycles. The van der Waals surface area contributed by atoms with Gasteiger partial charge in [-0.05, 0) is 90.5 Å². The highest BCUT2D eigenvalue weighted by Crippen LogP contribution is 2.62. The Hall–Kier alpha value is -9.32. The fourth-order valence-corrected chi connectivity index (χ4v) is 11.6. The molecular formula is C59H33N7O. The van der Waals surface area contributed by atoms with Gasteiger partial charge in [0.1, 0.15) is 11.5 Å². The zero-order chi connectivity index (χ0) is 44.0. The summed E-state index contributed by atoms with van der Waals surface area (Å²) in [5, 5.41) is 16.9. The number of ether oxygens (including phenoxy) is 1. The third kappa shape index (κ3) is 4.66. The van der Waals surface area contributed by atoms with Crippen LogP contribution in [-0.2, 0) is 5.41 Å². The summed E-state index contributed by atoms with van der Waals surface area (Å²) in [7, 11) is 0. The van der Waals surface area contributed by atoms with Crippen molar-refractivity contribution in [2.24, 2.45) is 0 Å². The first-order valence-corrected chi connectivity index (χ1v) is 22.4. The smallest absolute Gasteiger partial charge is 0.134 e. The molecule has 7 aromatic carbocycles. The summed E-state index contributed by atoms with van der Waals surface area (Å²) < 4.78 is 14.0. The van der Waals surface area contributed by atoms with E-state index < -0.39 is 5.41 Å². The van der Waals surface area contributed by atoms with E-state index in [-0.39, 0.29) is 0 Å². The van der Waals surface area contributed by atoms with Crippen molar-refractivity contribution in [1.82, 2.24) is 28.7 Å². The molecule has 0 saturated heterocycles. The zero-order valence-electron chi connectivity index (χ0n) is 35.6. The summed E-state index contributed by atoms with van der Waals surface area (Å²) in [6, 6.07) is 64.3. The Labute approximate surface area is 382 Å². The van der Waals surface area contributed by atoms with Crippen LogP contribution in [-0.4, -0.2) is 28.7 Å². The summed E-state index contributed by atoms with van der Waals surface area (Å²) in [6.07, 6.45) is 7.65. The van der Waals surface area contributed by atoms with Crippen molar-refractivity contribution in [2.75, 3.05) is 0 Å². The molecule has 0 bridgehead atoms. The molecule has 0 amide bonds. The number of nitrogens with zero attached hydrogens (tertiary/aromatic N) is 7. The predicted molar refractivity (Wildman–Crippen MR) is 265 cm³/mol. The van der Waals surface area contributed by atoms with Gasteiger partial charge in [-0.2, -0.15) is 5.26 Å². The molecule has 1 atom stereocenters. The van der Waals surface area contributed by atoms with Crippen LogP contribution >= 0.6 is 0 Å². The molecule has 67 heavy (non-hydrogen) atoms. The Kier molecular flexibility index (Phi) is 7.07. The number of aromatic nitrogens is 6. The molecule has 6 aromatic heterocycles. The molecule has 0 saturated carbocycles. The lowest BCUT2D eigenvalue weighted by molar-refractivity contribution is 0.436. The zero-order valence-corrected chi connectivity index (χ0v) is 35.6. The van der Waals surface area contributed by atoms with Crippen LogP contribution in [0.15, 0.2) is 201 Å². The minimum absolute atomic E-state index is 0.603.